The minimum absolute atomic E-state index is 0.0816. The Balaban J connectivity index is 2.04. The third-order valence-corrected chi connectivity index (χ3v) is 3.09. The zero-order valence-corrected chi connectivity index (χ0v) is 12.0. The second-order valence-corrected chi connectivity index (χ2v) is 4.62. The SMILES string of the molecule is Fc1cccc(Cl)c1COc1ccc(C#CCCl)cc1. The maximum Gasteiger partial charge on any atom is 0.131 e. The Morgan fingerprint density at radius 1 is 1.10 bits per heavy atom. The zero-order valence-electron chi connectivity index (χ0n) is 10.5. The maximum absolute atomic E-state index is 13.6. The van der Waals surface area contributed by atoms with E-state index in [1.807, 2.05) is 12.1 Å². The van der Waals surface area contributed by atoms with E-state index in [-0.39, 0.29) is 12.4 Å². The van der Waals surface area contributed by atoms with E-state index < -0.39 is 0 Å². The number of rotatable bonds is 3. The molecule has 4 heteroatoms. The van der Waals surface area contributed by atoms with E-state index in [2.05, 4.69) is 11.8 Å². The fourth-order valence-corrected chi connectivity index (χ4v) is 1.88. The number of hydrogen-bond acceptors (Lipinski definition) is 1. The molecule has 0 radical (unpaired) electrons. The first-order valence-corrected chi connectivity index (χ1v) is 6.82. The molecule has 0 N–H and O–H groups in total. The van der Waals surface area contributed by atoms with Gasteiger partial charge in [0.25, 0.3) is 0 Å². The summed E-state index contributed by atoms with van der Waals surface area (Å²) in [6.45, 7) is 0.0816. The number of alkyl halides is 1. The van der Waals surface area contributed by atoms with Gasteiger partial charge in [-0.2, -0.15) is 0 Å². The van der Waals surface area contributed by atoms with Gasteiger partial charge < -0.3 is 4.74 Å². The normalized spacial score (nSPS) is 9.75. The molecule has 0 aliphatic heterocycles. The summed E-state index contributed by atoms with van der Waals surface area (Å²) in [7, 11) is 0. The van der Waals surface area contributed by atoms with Crippen LogP contribution in [-0.2, 0) is 6.61 Å². The monoisotopic (exact) mass is 308 g/mol. The Morgan fingerprint density at radius 2 is 1.85 bits per heavy atom. The Labute approximate surface area is 127 Å². The molecule has 0 atom stereocenters. The standard InChI is InChI=1S/C16H11Cl2FO/c17-10-2-3-12-6-8-13(9-7-12)20-11-14-15(18)4-1-5-16(14)19/h1,4-9H,10-11H2. The van der Waals surface area contributed by atoms with Crippen LogP contribution in [0.3, 0.4) is 0 Å². The Bertz CT molecular complexity index is 622. The highest BCUT2D eigenvalue weighted by atomic mass is 35.5. The Hall–Kier alpha value is -1.69. The average molecular weight is 309 g/mol. The molecule has 0 aromatic heterocycles. The third-order valence-electron chi connectivity index (χ3n) is 2.60. The summed E-state index contributed by atoms with van der Waals surface area (Å²) >= 11 is 11.4. The van der Waals surface area contributed by atoms with Crippen molar-refractivity contribution in [2.75, 3.05) is 5.88 Å². The van der Waals surface area contributed by atoms with Crippen molar-refractivity contribution in [3.05, 3.63) is 64.4 Å². The van der Waals surface area contributed by atoms with Gasteiger partial charge in [-0.3, -0.25) is 0 Å². The van der Waals surface area contributed by atoms with E-state index in [1.165, 1.54) is 6.07 Å². The van der Waals surface area contributed by atoms with Crippen molar-refractivity contribution < 1.29 is 9.13 Å². The molecule has 20 heavy (non-hydrogen) atoms. The van der Waals surface area contributed by atoms with Crippen molar-refractivity contribution in [3.63, 3.8) is 0 Å². The number of halogens is 3. The van der Waals surface area contributed by atoms with Crippen molar-refractivity contribution in [1.29, 1.82) is 0 Å². The first kappa shape index (κ1) is 14.7. The zero-order chi connectivity index (χ0) is 14.4. The molecular formula is C16H11Cl2FO. The van der Waals surface area contributed by atoms with Crippen LogP contribution in [0.5, 0.6) is 5.75 Å². The van der Waals surface area contributed by atoms with E-state index in [9.17, 15) is 4.39 Å². The van der Waals surface area contributed by atoms with Crippen molar-refractivity contribution in [2.24, 2.45) is 0 Å². The van der Waals surface area contributed by atoms with Crippen LogP contribution in [-0.4, -0.2) is 5.88 Å². The van der Waals surface area contributed by atoms with Gasteiger partial charge in [0.2, 0.25) is 0 Å². The van der Waals surface area contributed by atoms with Crippen LogP contribution in [0.25, 0.3) is 0 Å². The van der Waals surface area contributed by atoms with E-state index in [4.69, 9.17) is 27.9 Å². The Morgan fingerprint density at radius 3 is 2.50 bits per heavy atom. The summed E-state index contributed by atoms with van der Waals surface area (Å²) in [5.41, 5.74) is 1.20. The van der Waals surface area contributed by atoms with E-state index in [0.29, 0.717) is 22.2 Å². The van der Waals surface area contributed by atoms with Gasteiger partial charge in [-0.25, -0.2) is 4.39 Å². The van der Waals surface area contributed by atoms with Crippen molar-refractivity contribution in [3.8, 4) is 17.6 Å². The average Bonchev–Trinajstić information content (AvgIpc) is 2.46. The Kier molecular flexibility index (Phi) is 5.29. The molecule has 0 fully saturated rings. The molecule has 2 aromatic rings. The molecule has 2 aromatic carbocycles. The minimum Gasteiger partial charge on any atom is -0.489 e. The van der Waals surface area contributed by atoms with Gasteiger partial charge in [-0.05, 0) is 36.4 Å². The smallest absolute Gasteiger partial charge is 0.131 e. The fraction of sp³-hybridized carbons (Fsp3) is 0.125. The molecule has 0 spiro atoms. The number of ether oxygens (including phenoxy) is 1. The first-order chi connectivity index (χ1) is 9.70. The van der Waals surface area contributed by atoms with E-state index >= 15 is 0 Å². The highest BCUT2D eigenvalue weighted by Gasteiger charge is 2.07. The second-order valence-electron chi connectivity index (χ2n) is 3.95. The topological polar surface area (TPSA) is 9.23 Å². The van der Waals surface area contributed by atoms with Crippen molar-refractivity contribution in [1.82, 2.24) is 0 Å². The maximum atomic E-state index is 13.6. The summed E-state index contributed by atoms with van der Waals surface area (Å²) in [5.74, 6) is 6.21. The molecular weight excluding hydrogens is 298 g/mol. The van der Waals surface area contributed by atoms with Crippen LogP contribution in [0.4, 0.5) is 4.39 Å². The molecule has 0 bridgehead atoms. The lowest BCUT2D eigenvalue weighted by molar-refractivity contribution is 0.300. The van der Waals surface area contributed by atoms with Crippen LogP contribution in [0.15, 0.2) is 42.5 Å². The van der Waals surface area contributed by atoms with Gasteiger partial charge >= 0.3 is 0 Å². The summed E-state index contributed by atoms with van der Waals surface area (Å²) in [4.78, 5) is 0. The molecule has 1 nitrogen and oxygen atoms in total. The number of benzene rings is 2. The lowest BCUT2D eigenvalue weighted by atomic mass is 10.2. The molecule has 0 saturated heterocycles. The summed E-state index contributed by atoms with van der Waals surface area (Å²) in [5, 5.41) is 0.356. The van der Waals surface area contributed by atoms with E-state index in [1.54, 1.807) is 24.3 Å². The molecule has 0 amide bonds. The number of hydrogen-bond donors (Lipinski definition) is 0. The summed E-state index contributed by atoms with van der Waals surface area (Å²) in [6.07, 6.45) is 0. The predicted octanol–water partition coefficient (Wildman–Crippen LogP) is 4.65. The van der Waals surface area contributed by atoms with Gasteiger partial charge in [0.05, 0.1) is 10.9 Å². The lowest BCUT2D eigenvalue weighted by Crippen LogP contribution is -1.99. The van der Waals surface area contributed by atoms with Gasteiger partial charge in [0, 0.05) is 11.1 Å². The summed E-state index contributed by atoms with van der Waals surface area (Å²) in [6, 6.07) is 11.7. The quantitative estimate of drug-likeness (QED) is 0.592. The van der Waals surface area contributed by atoms with Crippen molar-refractivity contribution >= 4 is 23.2 Å². The molecule has 0 heterocycles. The van der Waals surface area contributed by atoms with Crippen molar-refractivity contribution in [2.45, 2.75) is 6.61 Å². The molecule has 0 aliphatic rings. The van der Waals surface area contributed by atoms with Gasteiger partial charge in [0.1, 0.15) is 18.2 Å². The van der Waals surface area contributed by atoms with Crippen LogP contribution < -0.4 is 4.74 Å². The molecule has 0 aliphatic carbocycles. The predicted molar refractivity (Wildman–Crippen MR) is 79.8 cm³/mol. The molecule has 2 rings (SSSR count). The van der Waals surface area contributed by atoms with Crippen LogP contribution in [0, 0.1) is 17.7 Å². The van der Waals surface area contributed by atoms with Gasteiger partial charge in [-0.15, -0.1) is 11.6 Å². The molecule has 0 unspecified atom stereocenters. The van der Waals surface area contributed by atoms with E-state index in [0.717, 1.165) is 5.56 Å². The fourth-order valence-electron chi connectivity index (χ4n) is 1.60. The largest absolute Gasteiger partial charge is 0.489 e. The van der Waals surface area contributed by atoms with Crippen LogP contribution in [0.2, 0.25) is 5.02 Å². The highest BCUT2D eigenvalue weighted by molar-refractivity contribution is 6.31. The van der Waals surface area contributed by atoms with Crippen LogP contribution in [0.1, 0.15) is 11.1 Å². The molecule has 0 saturated carbocycles. The third kappa shape index (κ3) is 3.90. The first-order valence-electron chi connectivity index (χ1n) is 5.91. The van der Waals surface area contributed by atoms with Gasteiger partial charge in [-0.1, -0.05) is 29.5 Å². The lowest BCUT2D eigenvalue weighted by Gasteiger charge is -2.08. The highest BCUT2D eigenvalue weighted by Crippen LogP contribution is 2.21. The minimum atomic E-state index is -0.373. The summed E-state index contributed by atoms with van der Waals surface area (Å²) < 4.78 is 19.1. The second kappa shape index (κ2) is 7.19. The van der Waals surface area contributed by atoms with Gasteiger partial charge in [0.15, 0.2) is 0 Å². The molecule has 102 valence electrons. The van der Waals surface area contributed by atoms with Crippen LogP contribution >= 0.6 is 23.2 Å².